The van der Waals surface area contributed by atoms with E-state index in [-0.39, 0.29) is 32.3 Å². The van der Waals surface area contributed by atoms with Crippen LogP contribution in [-0.4, -0.2) is 19.5 Å². The van der Waals surface area contributed by atoms with E-state index in [1.807, 2.05) is 102 Å². The largest absolute Gasteiger partial charge is 2.00 e. The minimum atomic E-state index is -1.00. The number of rotatable bonds is 16. The molecular weight excluding hydrogens is 1090 g/mol. The van der Waals surface area contributed by atoms with Crippen molar-refractivity contribution in [2.45, 2.75) is 57.8 Å². The van der Waals surface area contributed by atoms with E-state index in [1.165, 1.54) is 11.1 Å². The SMILES string of the molecule is CCC(CC(C)c1ccccc1)c1ccc(N(c2ccccc2)c2cc(-c3[c-]cc(F)nc3F)nc(C(C)(C)c3cc(N(c4ccccc4)c4ccccc4)cc(-n4[c-]ccc4-c4ccccc4)n3)c2)cc1.[Pt+2]. The van der Waals surface area contributed by atoms with Crippen molar-refractivity contribution in [2.75, 3.05) is 9.80 Å². The third kappa shape index (κ3) is 10.9. The molecule has 4 aromatic heterocycles. The van der Waals surface area contributed by atoms with E-state index >= 15 is 4.39 Å². The van der Waals surface area contributed by atoms with Gasteiger partial charge >= 0.3 is 21.1 Å². The molecule has 2 unspecified atom stereocenters. The smallest absolute Gasteiger partial charge is 0.429 e. The van der Waals surface area contributed by atoms with Gasteiger partial charge in [-0.1, -0.05) is 176 Å². The second-order valence-electron chi connectivity index (χ2n) is 18.6. The fraction of sp³-hybridized carbons (Fsp3) is 0.141. The van der Waals surface area contributed by atoms with Gasteiger partial charge in [0, 0.05) is 50.9 Å². The van der Waals surface area contributed by atoms with Gasteiger partial charge in [0.1, 0.15) is 11.9 Å². The number of halogens is 2. The van der Waals surface area contributed by atoms with E-state index in [9.17, 15) is 4.39 Å². The summed E-state index contributed by atoms with van der Waals surface area (Å²) in [5.41, 5.74) is 10.3. The van der Waals surface area contributed by atoms with Gasteiger partial charge in [0.05, 0.1) is 5.82 Å². The van der Waals surface area contributed by atoms with Crippen molar-refractivity contribution in [1.82, 2.24) is 19.5 Å². The van der Waals surface area contributed by atoms with Gasteiger partial charge in [0.2, 0.25) is 0 Å². The number of para-hydroxylation sites is 3. The summed E-state index contributed by atoms with van der Waals surface area (Å²) in [6.07, 6.45) is 5.46. The molecular formula is C64H54F2N6Pt. The van der Waals surface area contributed by atoms with Crippen LogP contribution in [0.3, 0.4) is 0 Å². The fourth-order valence-electron chi connectivity index (χ4n) is 9.61. The van der Waals surface area contributed by atoms with Crippen LogP contribution in [-0.2, 0) is 26.5 Å². The van der Waals surface area contributed by atoms with E-state index < -0.39 is 17.3 Å². The van der Waals surface area contributed by atoms with Crippen LogP contribution in [0.25, 0.3) is 28.3 Å². The summed E-state index contributed by atoms with van der Waals surface area (Å²) in [4.78, 5) is 18.7. The van der Waals surface area contributed by atoms with E-state index in [2.05, 4.69) is 170 Å². The van der Waals surface area contributed by atoms with E-state index in [0.29, 0.717) is 34.7 Å². The van der Waals surface area contributed by atoms with Crippen molar-refractivity contribution < 1.29 is 29.8 Å². The second kappa shape index (κ2) is 22.3. The molecule has 0 fully saturated rings. The minimum absolute atomic E-state index is 0. The van der Waals surface area contributed by atoms with Gasteiger partial charge in [-0.2, -0.15) is 6.07 Å². The third-order valence-electron chi connectivity index (χ3n) is 13.6. The molecule has 10 rings (SSSR count). The minimum Gasteiger partial charge on any atom is -0.429 e. The fourth-order valence-corrected chi connectivity index (χ4v) is 9.61. The van der Waals surface area contributed by atoms with Crippen LogP contribution < -0.4 is 9.80 Å². The zero-order chi connectivity index (χ0) is 49.6. The molecule has 6 nitrogen and oxygen atoms in total. The van der Waals surface area contributed by atoms with Crippen LogP contribution in [0.4, 0.5) is 42.9 Å². The number of aromatic nitrogens is 4. The summed E-state index contributed by atoms with van der Waals surface area (Å²) in [6.45, 7) is 8.72. The Labute approximate surface area is 442 Å². The molecule has 0 spiro atoms. The Morgan fingerprint density at radius 3 is 1.62 bits per heavy atom. The Kier molecular flexibility index (Phi) is 15.3. The Bertz CT molecular complexity index is 3350. The summed E-state index contributed by atoms with van der Waals surface area (Å²) in [5.74, 6) is -0.581. The third-order valence-corrected chi connectivity index (χ3v) is 13.6. The quantitative estimate of drug-likeness (QED) is 0.0713. The first kappa shape index (κ1) is 50.2. The van der Waals surface area contributed by atoms with Crippen LogP contribution in [0.2, 0.25) is 0 Å². The average molecular weight is 1140 g/mol. The predicted molar refractivity (Wildman–Crippen MR) is 288 cm³/mol. The summed E-state index contributed by atoms with van der Waals surface area (Å²) >= 11 is 0. The first-order valence-electron chi connectivity index (χ1n) is 24.5. The molecule has 0 radical (unpaired) electrons. The van der Waals surface area contributed by atoms with Crippen molar-refractivity contribution >= 4 is 34.1 Å². The average Bonchev–Trinajstić information content (AvgIpc) is 3.92. The first-order chi connectivity index (χ1) is 35.1. The topological polar surface area (TPSA) is 50.1 Å². The molecule has 0 bridgehead atoms. The van der Waals surface area contributed by atoms with Gasteiger partial charge in [0.25, 0.3) is 0 Å². The van der Waals surface area contributed by atoms with Crippen LogP contribution >= 0.6 is 0 Å². The molecule has 0 aliphatic rings. The zero-order valence-corrected chi connectivity index (χ0v) is 43.4. The van der Waals surface area contributed by atoms with Crippen molar-refractivity contribution in [3.05, 3.63) is 265 Å². The van der Waals surface area contributed by atoms with E-state index in [1.54, 1.807) is 0 Å². The summed E-state index contributed by atoms with van der Waals surface area (Å²) in [7, 11) is 0. The second-order valence-corrected chi connectivity index (χ2v) is 18.6. The first-order valence-corrected chi connectivity index (χ1v) is 24.5. The van der Waals surface area contributed by atoms with Crippen LogP contribution in [0.15, 0.2) is 218 Å². The van der Waals surface area contributed by atoms with Crippen molar-refractivity contribution in [2.24, 2.45) is 0 Å². The van der Waals surface area contributed by atoms with Crippen LogP contribution in [0.5, 0.6) is 0 Å². The molecule has 0 saturated heterocycles. The summed E-state index contributed by atoms with van der Waals surface area (Å²) in [6, 6.07) is 76.2. The summed E-state index contributed by atoms with van der Waals surface area (Å²) in [5, 5.41) is 0. The van der Waals surface area contributed by atoms with Gasteiger partial charge in [-0.3, -0.25) is 9.97 Å². The van der Waals surface area contributed by atoms with Gasteiger partial charge in [-0.05, 0) is 122 Å². The zero-order valence-electron chi connectivity index (χ0n) is 41.1. The number of pyridine rings is 3. The van der Waals surface area contributed by atoms with Gasteiger partial charge in [0.15, 0.2) is 0 Å². The molecule has 9 heteroatoms. The molecule has 6 aromatic carbocycles. The van der Waals surface area contributed by atoms with Crippen LogP contribution in [0, 0.1) is 24.2 Å². The molecule has 0 aliphatic carbocycles. The molecule has 0 aliphatic heterocycles. The number of nitrogens with zero attached hydrogens (tertiary/aromatic N) is 6. The maximum absolute atomic E-state index is 16.0. The molecule has 364 valence electrons. The number of benzene rings is 6. The van der Waals surface area contributed by atoms with E-state index in [0.717, 1.165) is 58.6 Å². The monoisotopic (exact) mass is 1140 g/mol. The molecule has 4 heterocycles. The Morgan fingerprint density at radius 2 is 1.07 bits per heavy atom. The Hall–Kier alpha value is -7.80. The maximum Gasteiger partial charge on any atom is 2.00 e. The van der Waals surface area contributed by atoms with Gasteiger partial charge in [-0.15, -0.1) is 12.1 Å². The standard InChI is InChI=1S/C64H54F2N6.Pt/c1-5-46(40-45(2)47-22-11-6-12-23-47)48-33-35-53(36-34-48)72(52-30-19-10-20-31-52)54-41-57(56-37-38-61(65)69-63(56)66)67-59(42-54)64(3,4)60-43-55(71(50-26-15-8-16-27-50)51-28-17-9-18-29-51)44-62(68-60)70-39-21-32-58(70)49-24-13-7-14-25-49;/h6-36,38,41-46H,5,40H2,1-4H3;/q-2;+2. The summed E-state index contributed by atoms with van der Waals surface area (Å²) < 4.78 is 32.5. The number of hydrogen-bond donors (Lipinski definition) is 0. The number of hydrogen-bond acceptors (Lipinski definition) is 5. The van der Waals surface area contributed by atoms with E-state index in [4.69, 9.17) is 9.97 Å². The molecule has 2 atom stereocenters. The van der Waals surface area contributed by atoms with Gasteiger partial charge in [-0.25, -0.2) is 8.78 Å². The maximum atomic E-state index is 16.0. The Balaban J connectivity index is 0.00000656. The molecule has 10 aromatic rings. The number of anilines is 6. The molecule has 73 heavy (non-hydrogen) atoms. The normalized spacial score (nSPS) is 12.1. The van der Waals surface area contributed by atoms with Crippen molar-refractivity contribution in [3.8, 4) is 28.3 Å². The molecule has 0 N–H and O–H groups in total. The molecule has 0 amide bonds. The van der Waals surface area contributed by atoms with Crippen molar-refractivity contribution in [3.63, 3.8) is 0 Å². The van der Waals surface area contributed by atoms with Crippen molar-refractivity contribution in [1.29, 1.82) is 0 Å². The predicted octanol–water partition coefficient (Wildman–Crippen LogP) is 16.8. The van der Waals surface area contributed by atoms with Crippen LogP contribution in [0.1, 0.15) is 74.9 Å². The molecule has 0 saturated carbocycles. The Morgan fingerprint density at radius 1 is 0.562 bits per heavy atom. The van der Waals surface area contributed by atoms with Gasteiger partial charge < -0.3 is 19.4 Å².